The Morgan fingerprint density at radius 3 is 2.40 bits per heavy atom. The highest BCUT2D eigenvalue weighted by Crippen LogP contribution is 2.17. The van der Waals surface area contributed by atoms with Crippen LogP contribution >= 0.6 is 11.3 Å². The maximum Gasteiger partial charge on any atom is 0.254 e. The fraction of sp³-hybridized carbons (Fsp3) is 0.562. The summed E-state index contributed by atoms with van der Waals surface area (Å²) < 4.78 is 0. The molecule has 1 amide bonds. The zero-order valence-corrected chi connectivity index (χ0v) is 13.5. The summed E-state index contributed by atoms with van der Waals surface area (Å²) in [6, 6.07) is 1.81. The van der Waals surface area contributed by atoms with Gasteiger partial charge in [-0.25, -0.2) is 0 Å². The number of aliphatic hydroxyl groups is 1. The van der Waals surface area contributed by atoms with Gasteiger partial charge >= 0.3 is 0 Å². The van der Waals surface area contributed by atoms with Gasteiger partial charge in [-0.15, -0.1) is 11.3 Å². The summed E-state index contributed by atoms with van der Waals surface area (Å²) in [6.07, 6.45) is 0. The van der Waals surface area contributed by atoms with Crippen molar-refractivity contribution in [1.29, 1.82) is 0 Å². The Kier molecular flexibility index (Phi) is 6.77. The molecule has 1 rings (SSSR count). The Morgan fingerprint density at radius 2 is 1.90 bits per heavy atom. The molecule has 110 valence electrons. The topological polar surface area (TPSA) is 40.5 Å². The minimum atomic E-state index is -0.159. The van der Waals surface area contributed by atoms with Crippen molar-refractivity contribution in [3.63, 3.8) is 0 Å². The van der Waals surface area contributed by atoms with E-state index in [0.717, 1.165) is 18.0 Å². The molecule has 0 atom stereocenters. The van der Waals surface area contributed by atoms with Gasteiger partial charge < -0.3 is 10.0 Å². The largest absolute Gasteiger partial charge is 0.384 e. The predicted molar refractivity (Wildman–Crippen MR) is 83.9 cm³/mol. The zero-order valence-electron chi connectivity index (χ0n) is 12.6. The van der Waals surface area contributed by atoms with Crippen molar-refractivity contribution in [2.24, 2.45) is 11.8 Å². The lowest BCUT2D eigenvalue weighted by Crippen LogP contribution is -2.36. The Labute approximate surface area is 125 Å². The van der Waals surface area contributed by atoms with Crippen LogP contribution in [-0.2, 0) is 0 Å². The van der Waals surface area contributed by atoms with E-state index in [4.69, 9.17) is 5.11 Å². The average Bonchev–Trinajstić information content (AvgIpc) is 2.82. The molecule has 0 fully saturated rings. The predicted octanol–water partition coefficient (Wildman–Crippen LogP) is 2.85. The van der Waals surface area contributed by atoms with E-state index >= 15 is 0 Å². The summed E-state index contributed by atoms with van der Waals surface area (Å²) >= 11 is 1.44. The third-order valence-corrected chi connectivity index (χ3v) is 3.44. The second kappa shape index (κ2) is 8.08. The molecule has 0 aliphatic heterocycles. The number of hydrogen-bond acceptors (Lipinski definition) is 3. The smallest absolute Gasteiger partial charge is 0.254 e. The first-order valence-corrected chi connectivity index (χ1v) is 7.79. The third kappa shape index (κ3) is 5.36. The van der Waals surface area contributed by atoms with Gasteiger partial charge in [0.15, 0.2) is 0 Å². The van der Waals surface area contributed by atoms with Crippen LogP contribution < -0.4 is 0 Å². The van der Waals surface area contributed by atoms with Gasteiger partial charge in [-0.1, -0.05) is 39.5 Å². The number of aliphatic hydroxyl groups excluding tert-OH is 1. The fourth-order valence-corrected chi connectivity index (χ4v) is 2.69. The Bertz CT molecular complexity index is 484. The van der Waals surface area contributed by atoms with E-state index in [1.54, 1.807) is 0 Å². The summed E-state index contributed by atoms with van der Waals surface area (Å²) in [5.74, 6) is 6.41. The lowest BCUT2D eigenvalue weighted by atomic mass is 10.1. The maximum atomic E-state index is 12.5. The van der Waals surface area contributed by atoms with Crippen LogP contribution in [0.1, 0.15) is 42.9 Å². The number of amides is 1. The molecule has 0 radical (unpaired) electrons. The molecule has 20 heavy (non-hydrogen) atoms. The van der Waals surface area contributed by atoms with E-state index in [-0.39, 0.29) is 12.5 Å². The minimum absolute atomic E-state index is 0.0701. The first kappa shape index (κ1) is 16.7. The summed E-state index contributed by atoms with van der Waals surface area (Å²) in [6.45, 7) is 9.85. The molecular formula is C16H23NO2S. The highest BCUT2D eigenvalue weighted by molar-refractivity contribution is 7.10. The van der Waals surface area contributed by atoms with Crippen LogP contribution in [-0.4, -0.2) is 35.6 Å². The van der Waals surface area contributed by atoms with Crippen molar-refractivity contribution < 1.29 is 9.90 Å². The van der Waals surface area contributed by atoms with E-state index in [2.05, 4.69) is 39.5 Å². The van der Waals surface area contributed by atoms with Crippen molar-refractivity contribution in [2.75, 3.05) is 19.7 Å². The van der Waals surface area contributed by atoms with E-state index in [1.165, 1.54) is 11.3 Å². The molecule has 0 spiro atoms. The molecular weight excluding hydrogens is 270 g/mol. The second-order valence-corrected chi connectivity index (χ2v) is 6.57. The maximum absolute atomic E-state index is 12.5. The molecule has 0 aliphatic carbocycles. The number of nitrogens with zero attached hydrogens (tertiary/aromatic N) is 1. The van der Waals surface area contributed by atoms with Crippen LogP contribution in [0.4, 0.5) is 0 Å². The van der Waals surface area contributed by atoms with E-state index in [9.17, 15) is 4.79 Å². The Balaban J connectivity index is 2.85. The molecule has 0 saturated heterocycles. The van der Waals surface area contributed by atoms with Crippen LogP contribution in [0.3, 0.4) is 0 Å². The zero-order chi connectivity index (χ0) is 15.1. The van der Waals surface area contributed by atoms with Crippen LogP contribution in [0.2, 0.25) is 0 Å². The summed E-state index contributed by atoms with van der Waals surface area (Å²) in [5.41, 5.74) is 0.693. The molecule has 0 bridgehead atoms. The number of rotatable bonds is 5. The molecule has 0 unspecified atom stereocenters. The first-order chi connectivity index (χ1) is 9.43. The van der Waals surface area contributed by atoms with Gasteiger partial charge in [-0.05, 0) is 17.9 Å². The molecule has 0 saturated carbocycles. The Morgan fingerprint density at radius 1 is 1.30 bits per heavy atom. The molecule has 0 aliphatic rings. The third-order valence-electron chi connectivity index (χ3n) is 2.60. The van der Waals surface area contributed by atoms with Gasteiger partial charge in [-0.2, -0.15) is 0 Å². The molecule has 1 aromatic heterocycles. The number of carbonyl (C=O) groups is 1. The lowest BCUT2D eigenvalue weighted by Gasteiger charge is -2.26. The van der Waals surface area contributed by atoms with Gasteiger partial charge in [0.05, 0.1) is 10.4 Å². The van der Waals surface area contributed by atoms with Gasteiger partial charge in [0.2, 0.25) is 0 Å². The molecule has 3 nitrogen and oxygen atoms in total. The van der Waals surface area contributed by atoms with Crippen LogP contribution in [0, 0.1) is 23.7 Å². The molecule has 1 N–H and O–H groups in total. The quantitative estimate of drug-likeness (QED) is 0.848. The number of hydrogen-bond donors (Lipinski definition) is 1. The molecule has 4 heteroatoms. The number of carbonyl (C=O) groups excluding carboxylic acids is 1. The molecule has 1 heterocycles. The second-order valence-electron chi connectivity index (χ2n) is 5.66. The van der Waals surface area contributed by atoms with Crippen LogP contribution in [0.15, 0.2) is 11.4 Å². The summed E-state index contributed by atoms with van der Waals surface area (Å²) in [5, 5.41) is 10.5. The average molecular weight is 293 g/mol. The molecule has 0 aromatic carbocycles. The van der Waals surface area contributed by atoms with Crippen molar-refractivity contribution in [1.82, 2.24) is 4.90 Å². The van der Waals surface area contributed by atoms with Gasteiger partial charge in [0, 0.05) is 18.5 Å². The lowest BCUT2D eigenvalue weighted by molar-refractivity contribution is 0.0715. The van der Waals surface area contributed by atoms with E-state index in [0.29, 0.717) is 17.4 Å². The summed E-state index contributed by atoms with van der Waals surface area (Å²) in [7, 11) is 0. The van der Waals surface area contributed by atoms with E-state index < -0.39 is 0 Å². The van der Waals surface area contributed by atoms with Crippen molar-refractivity contribution >= 4 is 17.2 Å². The van der Waals surface area contributed by atoms with Gasteiger partial charge in [0.1, 0.15) is 6.61 Å². The van der Waals surface area contributed by atoms with Gasteiger partial charge in [0.25, 0.3) is 5.91 Å². The van der Waals surface area contributed by atoms with Crippen LogP contribution in [0.25, 0.3) is 0 Å². The van der Waals surface area contributed by atoms with Crippen molar-refractivity contribution in [3.8, 4) is 11.8 Å². The van der Waals surface area contributed by atoms with Gasteiger partial charge in [-0.3, -0.25) is 4.79 Å². The fourth-order valence-electron chi connectivity index (χ4n) is 1.95. The molecule has 1 aromatic rings. The van der Waals surface area contributed by atoms with Crippen molar-refractivity contribution in [2.45, 2.75) is 27.7 Å². The van der Waals surface area contributed by atoms with Crippen LogP contribution in [0.5, 0.6) is 0 Å². The van der Waals surface area contributed by atoms with Crippen molar-refractivity contribution in [3.05, 3.63) is 21.9 Å². The highest BCUT2D eigenvalue weighted by atomic mass is 32.1. The summed E-state index contributed by atoms with van der Waals surface area (Å²) in [4.78, 5) is 15.3. The monoisotopic (exact) mass is 293 g/mol. The normalized spacial score (nSPS) is 10.6. The van der Waals surface area contributed by atoms with E-state index in [1.807, 2.05) is 16.3 Å². The standard InChI is InChI=1S/C16H23NO2S/c1-12(2)9-17(10-13(3)4)16(19)14-8-15(20-11-14)6-5-7-18/h8,11-13,18H,7,9-10H2,1-4H3. The Hall–Kier alpha value is -1.31. The highest BCUT2D eigenvalue weighted by Gasteiger charge is 2.19. The SMILES string of the molecule is CC(C)CN(CC(C)C)C(=O)c1csc(C#CCO)c1. The first-order valence-electron chi connectivity index (χ1n) is 6.91. The minimum Gasteiger partial charge on any atom is -0.384 e. The number of thiophene rings is 1.